The number of rotatable bonds is 8. The molecule has 0 spiro atoms. The normalized spacial score (nSPS) is 16.9. The lowest BCUT2D eigenvalue weighted by molar-refractivity contribution is -0.128. The summed E-state index contributed by atoms with van der Waals surface area (Å²) < 4.78 is 1.72. The second-order valence-electron chi connectivity index (χ2n) is 5.79. The molecule has 0 unspecified atom stereocenters. The second-order valence-corrected chi connectivity index (χ2v) is 8.85. The molecule has 1 fully saturated rings. The lowest BCUT2D eigenvalue weighted by atomic mass is 10.2. The van der Waals surface area contributed by atoms with Crippen LogP contribution in [0.15, 0.2) is 38.5 Å². The van der Waals surface area contributed by atoms with Crippen LogP contribution in [0.4, 0.5) is 5.69 Å². The number of carboxylic acids is 1. The minimum atomic E-state index is -1.01. The van der Waals surface area contributed by atoms with Crippen molar-refractivity contribution in [2.24, 2.45) is 0 Å². The molecule has 3 rings (SSSR count). The molecule has 1 saturated heterocycles. The molecule has 2 heterocycles. The number of benzene rings is 1. The summed E-state index contributed by atoms with van der Waals surface area (Å²) >= 11 is 6.33. The van der Waals surface area contributed by atoms with E-state index in [1.807, 2.05) is 29.2 Å². The number of nitrogens with one attached hydrogen (secondary N) is 1. The van der Waals surface area contributed by atoms with Crippen molar-refractivity contribution < 1.29 is 14.7 Å². The number of anilines is 1. The third kappa shape index (κ3) is 4.77. The van der Waals surface area contributed by atoms with E-state index in [1.54, 1.807) is 0 Å². The Morgan fingerprint density at radius 3 is 3.00 bits per heavy atom. The lowest BCUT2D eigenvalue weighted by Gasteiger charge is -2.25. The van der Waals surface area contributed by atoms with Crippen molar-refractivity contribution in [2.45, 2.75) is 23.2 Å². The minimum absolute atomic E-state index is 0.0743. The van der Waals surface area contributed by atoms with Crippen LogP contribution in [0, 0.1) is 0 Å². The summed E-state index contributed by atoms with van der Waals surface area (Å²) in [5, 5.41) is 13.9. The molecule has 2 aromatic rings. The standard InChI is InChI=1S/C17H18BrN3O3S2/c18-12-3-1-2-4-13(12)19-9-11-5-6-15(22)21(11)7-8-25-17-20-14(10-26-17)16(23)24/h1-4,10-11,19H,5-9H2,(H,23,24)/t11-/m1/s1. The van der Waals surface area contributed by atoms with Crippen LogP contribution in [0.1, 0.15) is 23.3 Å². The molecular formula is C17H18BrN3O3S2. The van der Waals surface area contributed by atoms with E-state index in [-0.39, 0.29) is 17.6 Å². The van der Waals surface area contributed by atoms with Gasteiger partial charge in [0.2, 0.25) is 5.91 Å². The van der Waals surface area contributed by atoms with Crippen molar-refractivity contribution in [3.8, 4) is 0 Å². The van der Waals surface area contributed by atoms with E-state index in [4.69, 9.17) is 5.11 Å². The van der Waals surface area contributed by atoms with Crippen molar-refractivity contribution in [3.63, 3.8) is 0 Å². The van der Waals surface area contributed by atoms with Crippen LogP contribution >= 0.6 is 39.0 Å². The summed E-state index contributed by atoms with van der Waals surface area (Å²) in [5.41, 5.74) is 1.09. The molecule has 0 saturated carbocycles. The molecule has 0 radical (unpaired) electrons. The molecule has 0 aliphatic carbocycles. The summed E-state index contributed by atoms with van der Waals surface area (Å²) in [7, 11) is 0. The van der Waals surface area contributed by atoms with Gasteiger partial charge in [-0.1, -0.05) is 23.9 Å². The molecule has 6 nitrogen and oxygen atoms in total. The first-order valence-electron chi connectivity index (χ1n) is 8.14. The average Bonchev–Trinajstić information content (AvgIpc) is 3.22. The van der Waals surface area contributed by atoms with Crippen molar-refractivity contribution in [1.82, 2.24) is 9.88 Å². The molecule has 9 heteroatoms. The van der Waals surface area contributed by atoms with Gasteiger partial charge in [0.1, 0.15) is 0 Å². The Labute approximate surface area is 168 Å². The van der Waals surface area contributed by atoms with Gasteiger partial charge < -0.3 is 15.3 Å². The summed E-state index contributed by atoms with van der Waals surface area (Å²) in [6.45, 7) is 1.34. The third-order valence-electron chi connectivity index (χ3n) is 4.11. The second kappa shape index (κ2) is 8.88. The molecule has 1 aliphatic heterocycles. The zero-order valence-corrected chi connectivity index (χ0v) is 17.1. The SMILES string of the molecule is O=C(O)c1csc(SCCN2C(=O)CC[C@@H]2CNc2ccccc2Br)n1. The fourth-order valence-electron chi connectivity index (χ4n) is 2.80. The highest BCUT2D eigenvalue weighted by Gasteiger charge is 2.30. The van der Waals surface area contributed by atoms with Gasteiger partial charge in [-0.15, -0.1) is 11.3 Å². The van der Waals surface area contributed by atoms with Gasteiger partial charge in [0.25, 0.3) is 0 Å². The first kappa shape index (κ1) is 19.2. The van der Waals surface area contributed by atoms with Crippen LogP contribution in [0.3, 0.4) is 0 Å². The predicted molar refractivity (Wildman–Crippen MR) is 107 cm³/mol. The number of nitrogens with zero attached hydrogens (tertiary/aromatic N) is 2. The maximum absolute atomic E-state index is 12.2. The number of hydrogen-bond acceptors (Lipinski definition) is 6. The van der Waals surface area contributed by atoms with Crippen molar-refractivity contribution in [2.75, 3.05) is 24.2 Å². The van der Waals surface area contributed by atoms with Crippen molar-refractivity contribution in [1.29, 1.82) is 0 Å². The van der Waals surface area contributed by atoms with Crippen LogP contribution < -0.4 is 5.32 Å². The van der Waals surface area contributed by atoms with E-state index < -0.39 is 5.97 Å². The highest BCUT2D eigenvalue weighted by atomic mass is 79.9. The van der Waals surface area contributed by atoms with Gasteiger partial charge in [0.05, 0.1) is 0 Å². The fourth-order valence-corrected chi connectivity index (χ4v) is 5.03. The Bertz CT molecular complexity index is 799. The Balaban J connectivity index is 1.51. The first-order chi connectivity index (χ1) is 12.5. The van der Waals surface area contributed by atoms with Gasteiger partial charge in [-0.05, 0) is 34.5 Å². The summed E-state index contributed by atoms with van der Waals surface area (Å²) in [6.07, 6.45) is 1.43. The quantitative estimate of drug-likeness (QED) is 0.589. The van der Waals surface area contributed by atoms with E-state index in [0.29, 0.717) is 25.3 Å². The summed E-state index contributed by atoms with van der Waals surface area (Å²) in [4.78, 5) is 29.0. The number of aromatic carboxylic acids is 1. The Morgan fingerprint density at radius 2 is 2.27 bits per heavy atom. The molecule has 1 aromatic heterocycles. The maximum atomic E-state index is 12.2. The molecule has 138 valence electrons. The number of para-hydroxylation sites is 1. The van der Waals surface area contributed by atoms with E-state index in [2.05, 4.69) is 26.2 Å². The van der Waals surface area contributed by atoms with E-state index in [1.165, 1.54) is 28.5 Å². The monoisotopic (exact) mass is 455 g/mol. The van der Waals surface area contributed by atoms with Gasteiger partial charge in [0, 0.05) is 46.8 Å². The molecule has 0 bridgehead atoms. The van der Waals surface area contributed by atoms with Crippen molar-refractivity contribution >= 4 is 56.6 Å². The van der Waals surface area contributed by atoms with Gasteiger partial charge in [-0.2, -0.15) is 0 Å². The number of thioether (sulfide) groups is 1. The smallest absolute Gasteiger partial charge is 0.355 e. The van der Waals surface area contributed by atoms with Gasteiger partial charge in [-0.25, -0.2) is 9.78 Å². The number of carboxylic acid groups (broad SMARTS) is 1. The van der Waals surface area contributed by atoms with Gasteiger partial charge in [-0.3, -0.25) is 4.79 Å². The minimum Gasteiger partial charge on any atom is -0.476 e. The maximum Gasteiger partial charge on any atom is 0.355 e. The Morgan fingerprint density at radius 1 is 1.46 bits per heavy atom. The highest BCUT2D eigenvalue weighted by molar-refractivity contribution is 9.10. The number of carbonyl (C=O) groups is 2. The lowest BCUT2D eigenvalue weighted by Crippen LogP contribution is -2.39. The molecule has 1 atom stereocenters. The number of thiazole rings is 1. The van der Waals surface area contributed by atoms with Crippen LogP contribution in [0.25, 0.3) is 0 Å². The fraction of sp³-hybridized carbons (Fsp3) is 0.353. The summed E-state index contributed by atoms with van der Waals surface area (Å²) in [5.74, 6) is -0.139. The van der Waals surface area contributed by atoms with Crippen LogP contribution in [-0.4, -0.2) is 51.8 Å². The van der Waals surface area contributed by atoms with Crippen LogP contribution in [0.2, 0.25) is 0 Å². The molecule has 1 aromatic carbocycles. The number of halogens is 1. The zero-order valence-electron chi connectivity index (χ0n) is 13.9. The molecular weight excluding hydrogens is 438 g/mol. The van der Waals surface area contributed by atoms with Gasteiger partial charge >= 0.3 is 5.97 Å². The predicted octanol–water partition coefficient (Wildman–Crippen LogP) is 3.80. The van der Waals surface area contributed by atoms with E-state index >= 15 is 0 Å². The van der Waals surface area contributed by atoms with Crippen molar-refractivity contribution in [3.05, 3.63) is 39.8 Å². The van der Waals surface area contributed by atoms with E-state index in [9.17, 15) is 9.59 Å². The molecule has 26 heavy (non-hydrogen) atoms. The average molecular weight is 456 g/mol. The topological polar surface area (TPSA) is 82.5 Å². The van der Waals surface area contributed by atoms with Crippen LogP contribution in [-0.2, 0) is 4.79 Å². The van der Waals surface area contributed by atoms with Crippen LogP contribution in [0.5, 0.6) is 0 Å². The Hall–Kier alpha value is -1.58. The number of amides is 1. The largest absolute Gasteiger partial charge is 0.476 e. The molecule has 2 N–H and O–H groups in total. The third-order valence-corrected chi connectivity index (χ3v) is 6.81. The number of aromatic nitrogens is 1. The first-order valence-corrected chi connectivity index (χ1v) is 10.8. The number of carbonyl (C=O) groups excluding carboxylic acids is 1. The Kier molecular flexibility index (Phi) is 6.55. The number of likely N-dealkylation sites (tertiary alicyclic amines) is 1. The molecule has 1 aliphatic rings. The summed E-state index contributed by atoms with van der Waals surface area (Å²) in [6, 6.07) is 8.09. The molecule has 1 amide bonds. The number of hydrogen-bond donors (Lipinski definition) is 2. The highest BCUT2D eigenvalue weighted by Crippen LogP contribution is 2.26. The van der Waals surface area contributed by atoms with Gasteiger partial charge in [0.15, 0.2) is 10.0 Å². The van der Waals surface area contributed by atoms with E-state index in [0.717, 1.165) is 20.9 Å². The zero-order chi connectivity index (χ0) is 18.5.